The molecule has 0 radical (unpaired) electrons. The molecule has 0 heterocycles. The van der Waals surface area contributed by atoms with Gasteiger partial charge in [0.05, 0.1) is 6.61 Å². The van der Waals surface area contributed by atoms with Crippen molar-refractivity contribution in [1.29, 1.82) is 0 Å². The minimum atomic E-state index is 0.585. The van der Waals surface area contributed by atoms with Crippen LogP contribution in [0.15, 0.2) is 18.2 Å². The molecule has 0 aromatic heterocycles. The second-order valence-corrected chi connectivity index (χ2v) is 2.60. The highest BCUT2D eigenvalue weighted by Gasteiger charge is 1.99. The van der Waals surface area contributed by atoms with Crippen LogP contribution < -0.4 is 11.1 Å². The van der Waals surface area contributed by atoms with E-state index in [2.05, 4.69) is 5.32 Å². The van der Waals surface area contributed by atoms with Crippen LogP contribution in [0.5, 0.6) is 0 Å². The molecule has 0 bridgehead atoms. The highest BCUT2D eigenvalue weighted by atomic mass is 16.5. The van der Waals surface area contributed by atoms with E-state index in [0.717, 1.165) is 16.9 Å². The van der Waals surface area contributed by atoms with Gasteiger partial charge in [-0.15, -0.1) is 0 Å². The van der Waals surface area contributed by atoms with Gasteiger partial charge in [0.15, 0.2) is 0 Å². The van der Waals surface area contributed by atoms with Crippen molar-refractivity contribution in [2.45, 2.75) is 6.61 Å². The zero-order valence-electron chi connectivity index (χ0n) is 7.42. The van der Waals surface area contributed by atoms with Crippen molar-refractivity contribution in [3.8, 4) is 0 Å². The van der Waals surface area contributed by atoms with Gasteiger partial charge in [-0.3, -0.25) is 0 Å². The lowest BCUT2D eigenvalue weighted by atomic mass is 10.1. The average molecular weight is 166 g/mol. The van der Waals surface area contributed by atoms with Crippen molar-refractivity contribution < 1.29 is 4.74 Å². The molecule has 3 heteroatoms. The number of rotatable bonds is 3. The largest absolute Gasteiger partial charge is 0.399 e. The maximum absolute atomic E-state index is 5.63. The third-order valence-electron chi connectivity index (χ3n) is 1.70. The first kappa shape index (κ1) is 8.87. The van der Waals surface area contributed by atoms with Crippen molar-refractivity contribution in [3.05, 3.63) is 23.8 Å². The van der Waals surface area contributed by atoms with E-state index in [-0.39, 0.29) is 0 Å². The van der Waals surface area contributed by atoms with Gasteiger partial charge >= 0.3 is 0 Å². The van der Waals surface area contributed by atoms with Crippen molar-refractivity contribution in [1.82, 2.24) is 0 Å². The molecular formula is C9H14N2O. The number of nitrogen functional groups attached to an aromatic ring is 1. The average Bonchev–Trinajstić information content (AvgIpc) is 2.05. The van der Waals surface area contributed by atoms with Crippen molar-refractivity contribution >= 4 is 11.4 Å². The summed E-state index contributed by atoms with van der Waals surface area (Å²) < 4.78 is 5.03. The second-order valence-electron chi connectivity index (χ2n) is 2.60. The van der Waals surface area contributed by atoms with Crippen molar-refractivity contribution in [2.24, 2.45) is 0 Å². The standard InChI is InChI=1S/C9H14N2O/c1-11-9-4-3-8(10)5-7(9)6-12-2/h3-5,11H,6,10H2,1-2H3. The number of ether oxygens (including phenoxy) is 1. The van der Waals surface area contributed by atoms with E-state index in [1.54, 1.807) is 7.11 Å². The lowest BCUT2D eigenvalue weighted by Crippen LogP contribution is -1.98. The van der Waals surface area contributed by atoms with Gasteiger partial charge in [-0.1, -0.05) is 0 Å². The number of hydrogen-bond donors (Lipinski definition) is 2. The van der Waals surface area contributed by atoms with Crippen LogP contribution in [0.4, 0.5) is 11.4 Å². The lowest BCUT2D eigenvalue weighted by Gasteiger charge is -2.08. The monoisotopic (exact) mass is 166 g/mol. The van der Waals surface area contributed by atoms with Gasteiger partial charge in [0.1, 0.15) is 0 Å². The fourth-order valence-electron chi connectivity index (χ4n) is 1.13. The van der Waals surface area contributed by atoms with Gasteiger partial charge < -0.3 is 15.8 Å². The van der Waals surface area contributed by atoms with E-state index in [4.69, 9.17) is 10.5 Å². The molecule has 0 saturated heterocycles. The van der Waals surface area contributed by atoms with Gasteiger partial charge in [-0.2, -0.15) is 0 Å². The maximum Gasteiger partial charge on any atom is 0.0733 e. The molecule has 0 fully saturated rings. The molecule has 3 nitrogen and oxygen atoms in total. The molecule has 0 aliphatic carbocycles. The number of benzene rings is 1. The second kappa shape index (κ2) is 3.97. The van der Waals surface area contributed by atoms with Crippen molar-refractivity contribution in [3.63, 3.8) is 0 Å². The smallest absolute Gasteiger partial charge is 0.0733 e. The van der Waals surface area contributed by atoms with Crippen LogP contribution in [0.2, 0.25) is 0 Å². The highest BCUT2D eigenvalue weighted by Crippen LogP contribution is 2.18. The fraction of sp³-hybridized carbons (Fsp3) is 0.333. The normalized spacial score (nSPS) is 9.83. The Hall–Kier alpha value is -1.22. The molecule has 0 spiro atoms. The number of nitrogens with one attached hydrogen (secondary N) is 1. The Labute approximate surface area is 72.5 Å². The van der Waals surface area contributed by atoms with Gasteiger partial charge in [0, 0.05) is 31.1 Å². The summed E-state index contributed by atoms with van der Waals surface area (Å²) in [6, 6.07) is 5.73. The van der Waals surface area contributed by atoms with E-state index in [0.29, 0.717) is 6.61 Å². The molecule has 0 atom stereocenters. The van der Waals surface area contributed by atoms with Crippen LogP contribution >= 0.6 is 0 Å². The van der Waals surface area contributed by atoms with Crippen LogP contribution in [0.3, 0.4) is 0 Å². The summed E-state index contributed by atoms with van der Waals surface area (Å²) in [6.07, 6.45) is 0. The molecule has 0 saturated carbocycles. The lowest BCUT2D eigenvalue weighted by molar-refractivity contribution is 0.185. The minimum Gasteiger partial charge on any atom is -0.399 e. The topological polar surface area (TPSA) is 47.3 Å². The van der Waals surface area contributed by atoms with Crippen LogP contribution in [0.25, 0.3) is 0 Å². The zero-order chi connectivity index (χ0) is 8.97. The first-order chi connectivity index (χ1) is 5.77. The van der Waals surface area contributed by atoms with E-state index in [1.165, 1.54) is 0 Å². The van der Waals surface area contributed by atoms with Gasteiger partial charge in [0.25, 0.3) is 0 Å². The Bertz CT molecular complexity index is 261. The molecular weight excluding hydrogens is 152 g/mol. The zero-order valence-corrected chi connectivity index (χ0v) is 7.42. The van der Waals surface area contributed by atoms with Crippen LogP contribution in [-0.2, 0) is 11.3 Å². The first-order valence-corrected chi connectivity index (χ1v) is 3.83. The Morgan fingerprint density at radius 2 is 2.25 bits per heavy atom. The van der Waals surface area contributed by atoms with Gasteiger partial charge in [-0.25, -0.2) is 0 Å². The van der Waals surface area contributed by atoms with E-state index in [9.17, 15) is 0 Å². The third-order valence-corrected chi connectivity index (χ3v) is 1.70. The Balaban J connectivity index is 2.95. The summed E-state index contributed by atoms with van der Waals surface area (Å²) in [5.74, 6) is 0. The van der Waals surface area contributed by atoms with E-state index < -0.39 is 0 Å². The van der Waals surface area contributed by atoms with E-state index >= 15 is 0 Å². The summed E-state index contributed by atoms with van der Waals surface area (Å²) >= 11 is 0. The summed E-state index contributed by atoms with van der Waals surface area (Å²) in [7, 11) is 3.55. The molecule has 1 aromatic rings. The predicted molar refractivity (Wildman–Crippen MR) is 51.1 cm³/mol. The van der Waals surface area contributed by atoms with E-state index in [1.807, 2.05) is 25.2 Å². The minimum absolute atomic E-state index is 0.585. The quantitative estimate of drug-likeness (QED) is 0.668. The summed E-state index contributed by atoms with van der Waals surface area (Å²) in [5.41, 5.74) is 8.54. The van der Waals surface area contributed by atoms with Crippen LogP contribution in [0.1, 0.15) is 5.56 Å². The Kier molecular flexibility index (Phi) is 2.94. The molecule has 0 aliphatic rings. The Morgan fingerprint density at radius 1 is 1.50 bits per heavy atom. The number of hydrogen-bond acceptors (Lipinski definition) is 3. The molecule has 0 aliphatic heterocycles. The van der Waals surface area contributed by atoms with Crippen LogP contribution in [-0.4, -0.2) is 14.2 Å². The molecule has 12 heavy (non-hydrogen) atoms. The number of nitrogens with two attached hydrogens (primary N) is 1. The number of methoxy groups -OCH3 is 1. The molecule has 66 valence electrons. The summed E-state index contributed by atoms with van der Waals surface area (Å²) in [4.78, 5) is 0. The van der Waals surface area contributed by atoms with Gasteiger partial charge in [-0.05, 0) is 18.2 Å². The molecule has 0 unspecified atom stereocenters. The molecule has 1 aromatic carbocycles. The first-order valence-electron chi connectivity index (χ1n) is 3.83. The molecule has 0 amide bonds. The van der Waals surface area contributed by atoms with Crippen LogP contribution in [0, 0.1) is 0 Å². The SMILES string of the molecule is CNc1ccc(N)cc1COC. The molecule has 1 rings (SSSR count). The summed E-state index contributed by atoms with van der Waals surface area (Å²) in [5, 5.41) is 3.07. The number of anilines is 2. The predicted octanol–water partition coefficient (Wildman–Crippen LogP) is 1.46. The maximum atomic E-state index is 5.63. The van der Waals surface area contributed by atoms with Gasteiger partial charge in [0.2, 0.25) is 0 Å². The third kappa shape index (κ3) is 1.89. The highest BCUT2D eigenvalue weighted by molar-refractivity contribution is 5.57. The summed E-state index contributed by atoms with van der Waals surface area (Å²) in [6.45, 7) is 0.585. The molecule has 3 N–H and O–H groups in total. The van der Waals surface area contributed by atoms with Crippen molar-refractivity contribution in [2.75, 3.05) is 25.2 Å². The Morgan fingerprint density at radius 3 is 2.83 bits per heavy atom. The fourth-order valence-corrected chi connectivity index (χ4v) is 1.13.